The molecule has 0 saturated heterocycles. The van der Waals surface area contributed by atoms with Crippen LogP contribution in [0.15, 0.2) is 11.8 Å². The predicted molar refractivity (Wildman–Crippen MR) is 74.9 cm³/mol. The molecule has 1 aliphatic carbocycles. The number of nitrogens with zero attached hydrogens (tertiary/aromatic N) is 1. The van der Waals surface area contributed by atoms with E-state index in [9.17, 15) is 4.79 Å². The number of carbonyl (C=O) groups excluding carboxylic acids is 1. The summed E-state index contributed by atoms with van der Waals surface area (Å²) in [6.45, 7) is 3.94. The third-order valence-electron chi connectivity index (χ3n) is 3.15. The summed E-state index contributed by atoms with van der Waals surface area (Å²) in [6, 6.07) is -0.207. The van der Waals surface area contributed by atoms with E-state index >= 15 is 0 Å². The highest BCUT2D eigenvalue weighted by Gasteiger charge is 2.08. The van der Waals surface area contributed by atoms with Gasteiger partial charge in [0.2, 0.25) is 0 Å². The number of aryl methyl sites for hydroxylation is 2. The first-order chi connectivity index (χ1) is 8.65. The summed E-state index contributed by atoms with van der Waals surface area (Å²) >= 11 is 1.50. The first-order valence-corrected chi connectivity index (χ1v) is 7.16. The first-order valence-electron chi connectivity index (χ1n) is 6.34. The van der Waals surface area contributed by atoms with Crippen molar-refractivity contribution in [2.45, 2.75) is 46.0 Å². The molecule has 0 aliphatic heterocycles. The van der Waals surface area contributed by atoms with Gasteiger partial charge in [-0.05, 0) is 39.5 Å². The lowest BCUT2D eigenvalue weighted by atomic mass is 9.96. The van der Waals surface area contributed by atoms with E-state index in [-0.39, 0.29) is 6.03 Å². The Balaban J connectivity index is 1.84. The standard InChI is InChI=1S/C13H19N3OS/c1-9-10(2)18-13(15-9)16-12(17)14-8-11-6-4-3-5-7-11/h8H,3-7H2,1-2H3,(H2,14,15,16,17). The molecule has 1 aromatic rings. The van der Waals surface area contributed by atoms with Crippen molar-refractivity contribution in [2.75, 3.05) is 5.32 Å². The van der Waals surface area contributed by atoms with Gasteiger partial charge >= 0.3 is 6.03 Å². The number of rotatable bonds is 2. The second kappa shape index (κ2) is 6.00. The van der Waals surface area contributed by atoms with Crippen LogP contribution in [0.2, 0.25) is 0 Å². The van der Waals surface area contributed by atoms with E-state index in [2.05, 4.69) is 15.6 Å². The van der Waals surface area contributed by atoms with Gasteiger partial charge in [-0.25, -0.2) is 9.78 Å². The largest absolute Gasteiger partial charge is 0.325 e. The number of aromatic nitrogens is 1. The van der Waals surface area contributed by atoms with Crippen molar-refractivity contribution in [1.82, 2.24) is 10.3 Å². The third kappa shape index (κ3) is 3.57. The van der Waals surface area contributed by atoms with E-state index in [0.717, 1.165) is 23.4 Å². The average Bonchev–Trinajstić information content (AvgIpc) is 2.67. The van der Waals surface area contributed by atoms with E-state index in [1.54, 1.807) is 0 Å². The highest BCUT2D eigenvalue weighted by molar-refractivity contribution is 7.15. The van der Waals surface area contributed by atoms with Crippen molar-refractivity contribution in [3.05, 3.63) is 22.3 Å². The second-order valence-corrected chi connectivity index (χ2v) is 5.83. The Labute approximate surface area is 112 Å². The Kier molecular flexibility index (Phi) is 4.36. The van der Waals surface area contributed by atoms with E-state index in [1.807, 2.05) is 20.0 Å². The number of carbonyl (C=O) groups is 1. The van der Waals surface area contributed by atoms with Gasteiger partial charge in [0.05, 0.1) is 5.69 Å². The van der Waals surface area contributed by atoms with Crippen molar-refractivity contribution in [2.24, 2.45) is 0 Å². The van der Waals surface area contributed by atoms with E-state index < -0.39 is 0 Å². The van der Waals surface area contributed by atoms with Gasteiger partial charge in [-0.15, -0.1) is 11.3 Å². The van der Waals surface area contributed by atoms with Crippen LogP contribution in [0.4, 0.5) is 9.93 Å². The fraction of sp³-hybridized carbons (Fsp3) is 0.538. The Bertz CT molecular complexity index is 437. The van der Waals surface area contributed by atoms with Crippen LogP contribution in [0, 0.1) is 13.8 Å². The highest BCUT2D eigenvalue weighted by Crippen LogP contribution is 2.22. The number of allylic oxidation sites excluding steroid dienone is 1. The molecule has 0 radical (unpaired) electrons. The molecule has 0 atom stereocenters. The van der Waals surface area contributed by atoms with Gasteiger partial charge in [-0.3, -0.25) is 5.32 Å². The zero-order chi connectivity index (χ0) is 13.0. The summed E-state index contributed by atoms with van der Waals surface area (Å²) < 4.78 is 0. The van der Waals surface area contributed by atoms with Crippen LogP contribution in [0.3, 0.4) is 0 Å². The van der Waals surface area contributed by atoms with Crippen LogP contribution < -0.4 is 10.6 Å². The Morgan fingerprint density at radius 2 is 2.00 bits per heavy atom. The number of amides is 2. The first kappa shape index (κ1) is 13.1. The normalized spacial score (nSPS) is 15.3. The fourth-order valence-electron chi connectivity index (χ4n) is 1.98. The average molecular weight is 265 g/mol. The minimum atomic E-state index is -0.207. The zero-order valence-electron chi connectivity index (χ0n) is 10.9. The SMILES string of the molecule is Cc1nc(NC(=O)NC=C2CCCCC2)sc1C. The summed E-state index contributed by atoms with van der Waals surface area (Å²) in [5.41, 5.74) is 2.31. The van der Waals surface area contributed by atoms with Gasteiger partial charge in [0.25, 0.3) is 0 Å². The molecule has 0 unspecified atom stereocenters. The molecule has 1 aromatic heterocycles. The van der Waals surface area contributed by atoms with Crippen molar-refractivity contribution in [1.29, 1.82) is 0 Å². The maximum Gasteiger partial charge on any atom is 0.325 e. The lowest BCUT2D eigenvalue weighted by molar-refractivity contribution is 0.255. The fourth-order valence-corrected chi connectivity index (χ4v) is 2.79. The Morgan fingerprint density at radius 1 is 1.28 bits per heavy atom. The van der Waals surface area contributed by atoms with Crippen molar-refractivity contribution >= 4 is 22.5 Å². The molecule has 2 amide bonds. The van der Waals surface area contributed by atoms with Crippen molar-refractivity contribution < 1.29 is 4.79 Å². The van der Waals surface area contributed by atoms with E-state index in [4.69, 9.17) is 0 Å². The summed E-state index contributed by atoms with van der Waals surface area (Å²) in [5, 5.41) is 6.20. The van der Waals surface area contributed by atoms with Gasteiger partial charge in [-0.2, -0.15) is 0 Å². The monoisotopic (exact) mass is 265 g/mol. The molecule has 1 fully saturated rings. The quantitative estimate of drug-likeness (QED) is 0.856. The number of anilines is 1. The molecule has 0 aromatic carbocycles. The van der Waals surface area contributed by atoms with Crippen LogP contribution in [0.25, 0.3) is 0 Å². The van der Waals surface area contributed by atoms with Crippen molar-refractivity contribution in [3.8, 4) is 0 Å². The molecule has 1 aliphatic rings. The molecular weight excluding hydrogens is 246 g/mol. The number of hydrogen-bond donors (Lipinski definition) is 2. The van der Waals surface area contributed by atoms with Gasteiger partial charge in [0.15, 0.2) is 5.13 Å². The topological polar surface area (TPSA) is 54.0 Å². The summed E-state index contributed by atoms with van der Waals surface area (Å²) in [4.78, 5) is 17.1. The molecule has 4 nitrogen and oxygen atoms in total. The van der Waals surface area contributed by atoms with Gasteiger partial charge in [0.1, 0.15) is 0 Å². The van der Waals surface area contributed by atoms with Crippen LogP contribution in [0.1, 0.15) is 42.7 Å². The lowest BCUT2D eigenvalue weighted by Gasteiger charge is -2.13. The van der Waals surface area contributed by atoms with Crippen LogP contribution in [-0.2, 0) is 0 Å². The minimum Gasteiger partial charge on any atom is -0.314 e. The number of nitrogens with one attached hydrogen (secondary N) is 2. The minimum absolute atomic E-state index is 0.207. The summed E-state index contributed by atoms with van der Waals surface area (Å²) in [6.07, 6.45) is 7.84. The molecule has 2 N–H and O–H groups in total. The smallest absolute Gasteiger partial charge is 0.314 e. The molecule has 0 spiro atoms. The second-order valence-electron chi connectivity index (χ2n) is 4.62. The van der Waals surface area contributed by atoms with Gasteiger partial charge < -0.3 is 5.32 Å². The van der Waals surface area contributed by atoms with Crippen LogP contribution in [-0.4, -0.2) is 11.0 Å². The number of hydrogen-bond acceptors (Lipinski definition) is 3. The number of urea groups is 1. The molecule has 98 valence electrons. The van der Waals surface area contributed by atoms with E-state index in [0.29, 0.717) is 5.13 Å². The van der Waals surface area contributed by atoms with Crippen LogP contribution >= 0.6 is 11.3 Å². The molecule has 2 rings (SSSR count). The Morgan fingerprint density at radius 3 is 2.61 bits per heavy atom. The van der Waals surface area contributed by atoms with E-state index in [1.165, 1.54) is 36.2 Å². The van der Waals surface area contributed by atoms with Crippen LogP contribution in [0.5, 0.6) is 0 Å². The molecule has 5 heteroatoms. The maximum absolute atomic E-state index is 11.7. The lowest BCUT2D eigenvalue weighted by Crippen LogP contribution is -2.24. The number of thiazole rings is 1. The molecule has 1 heterocycles. The predicted octanol–water partition coefficient (Wildman–Crippen LogP) is 3.73. The summed E-state index contributed by atoms with van der Waals surface area (Å²) in [5.74, 6) is 0. The molecule has 1 saturated carbocycles. The summed E-state index contributed by atoms with van der Waals surface area (Å²) in [7, 11) is 0. The Hall–Kier alpha value is -1.36. The molecule has 18 heavy (non-hydrogen) atoms. The maximum atomic E-state index is 11.7. The van der Waals surface area contributed by atoms with Gasteiger partial charge in [0, 0.05) is 11.1 Å². The molecule has 0 bridgehead atoms. The van der Waals surface area contributed by atoms with Gasteiger partial charge in [-0.1, -0.05) is 12.0 Å². The third-order valence-corrected chi connectivity index (χ3v) is 4.14. The highest BCUT2D eigenvalue weighted by atomic mass is 32.1. The molecular formula is C13H19N3OS. The van der Waals surface area contributed by atoms with Crippen molar-refractivity contribution in [3.63, 3.8) is 0 Å². The zero-order valence-corrected chi connectivity index (χ0v) is 11.7.